The highest BCUT2D eigenvalue weighted by Crippen LogP contribution is 2.37. The Kier molecular flexibility index (Phi) is 3.12. The molecular weight excluding hydrogens is 255 g/mol. The molecule has 3 rings (SSSR count). The van der Waals surface area contributed by atoms with Crippen molar-refractivity contribution in [3.8, 4) is 5.75 Å². The summed E-state index contributed by atoms with van der Waals surface area (Å²) in [4.78, 5) is 0. The maximum Gasteiger partial charge on any atom is 0.494 e. The third kappa shape index (κ3) is 2.14. The van der Waals surface area contributed by atoms with Crippen LogP contribution in [0.1, 0.15) is 45.8 Å². The molecule has 1 saturated heterocycles. The molecule has 1 N–H and O–H groups in total. The molecule has 0 spiro atoms. The molecule has 2 heterocycles. The number of ether oxygens (including phenoxy) is 1. The van der Waals surface area contributed by atoms with Gasteiger partial charge >= 0.3 is 7.12 Å². The van der Waals surface area contributed by atoms with Crippen LogP contribution in [0.4, 0.5) is 0 Å². The van der Waals surface area contributed by atoms with E-state index in [2.05, 4.69) is 0 Å². The van der Waals surface area contributed by atoms with Crippen LogP contribution < -0.4 is 10.2 Å². The summed E-state index contributed by atoms with van der Waals surface area (Å²) < 4.78 is 17.7. The number of aliphatic hydroxyl groups is 1. The fourth-order valence-corrected chi connectivity index (χ4v) is 2.51. The van der Waals surface area contributed by atoms with Gasteiger partial charge in [-0.25, -0.2) is 0 Å². The average Bonchev–Trinajstić information content (AvgIpc) is 2.58. The maximum atomic E-state index is 9.94. The number of aliphatic hydroxyl groups excluding tert-OH is 1. The topological polar surface area (TPSA) is 47.9 Å². The molecular formula is C15H21BO4. The maximum absolute atomic E-state index is 9.94. The molecule has 20 heavy (non-hydrogen) atoms. The van der Waals surface area contributed by atoms with Crippen molar-refractivity contribution in [3.05, 3.63) is 23.8 Å². The van der Waals surface area contributed by atoms with E-state index >= 15 is 0 Å². The molecule has 108 valence electrons. The summed E-state index contributed by atoms with van der Waals surface area (Å²) >= 11 is 0. The van der Waals surface area contributed by atoms with Crippen LogP contribution in [0.2, 0.25) is 0 Å². The minimum atomic E-state index is -0.439. The fraction of sp³-hybridized carbons (Fsp3) is 0.600. The lowest BCUT2D eigenvalue weighted by atomic mass is 9.78. The predicted octanol–water partition coefficient (Wildman–Crippen LogP) is 1.80. The van der Waals surface area contributed by atoms with Crippen LogP contribution in [-0.2, 0) is 9.31 Å². The van der Waals surface area contributed by atoms with E-state index in [1.54, 1.807) is 0 Å². The van der Waals surface area contributed by atoms with E-state index in [0.717, 1.165) is 16.8 Å². The zero-order valence-electron chi connectivity index (χ0n) is 12.5. The van der Waals surface area contributed by atoms with Crippen molar-refractivity contribution in [1.82, 2.24) is 0 Å². The highest BCUT2D eigenvalue weighted by molar-refractivity contribution is 6.62. The van der Waals surface area contributed by atoms with Crippen LogP contribution in [0, 0.1) is 0 Å². The fourth-order valence-electron chi connectivity index (χ4n) is 2.51. The van der Waals surface area contributed by atoms with E-state index in [1.807, 2.05) is 45.9 Å². The number of benzene rings is 1. The molecule has 0 saturated carbocycles. The van der Waals surface area contributed by atoms with Crippen molar-refractivity contribution in [1.29, 1.82) is 0 Å². The van der Waals surface area contributed by atoms with E-state index in [-0.39, 0.29) is 11.2 Å². The van der Waals surface area contributed by atoms with Gasteiger partial charge in [0.2, 0.25) is 0 Å². The third-order valence-electron chi connectivity index (χ3n) is 4.57. The molecule has 1 aromatic rings. The molecule has 2 aliphatic rings. The van der Waals surface area contributed by atoms with Gasteiger partial charge in [-0.3, -0.25) is 0 Å². The minimum absolute atomic E-state index is 0.353. The van der Waals surface area contributed by atoms with Gasteiger partial charge in [0, 0.05) is 12.0 Å². The van der Waals surface area contributed by atoms with Crippen molar-refractivity contribution in [2.45, 2.75) is 51.4 Å². The summed E-state index contributed by atoms with van der Waals surface area (Å²) in [6.45, 7) is 8.68. The van der Waals surface area contributed by atoms with Gasteiger partial charge in [-0.05, 0) is 39.2 Å². The number of hydrogen-bond donors (Lipinski definition) is 1. The first-order valence-electron chi connectivity index (χ1n) is 7.10. The largest absolute Gasteiger partial charge is 0.494 e. The smallest absolute Gasteiger partial charge is 0.493 e. The molecule has 2 aliphatic heterocycles. The molecule has 0 radical (unpaired) electrons. The van der Waals surface area contributed by atoms with E-state index in [9.17, 15) is 5.11 Å². The standard InChI is InChI=1S/C15H21BO4/c1-14(2)15(3,4)20-16(19-14)10-5-6-11-12(17)7-8-18-13(11)9-10/h5-6,9,12,17H,7-8H2,1-4H3. The number of hydrogen-bond acceptors (Lipinski definition) is 4. The first-order chi connectivity index (χ1) is 9.30. The SMILES string of the molecule is CC1(C)OB(c2ccc3c(c2)OCCC3O)OC1(C)C. The Balaban J connectivity index is 1.90. The molecule has 0 bridgehead atoms. The summed E-state index contributed by atoms with van der Waals surface area (Å²) in [5.74, 6) is 0.732. The van der Waals surface area contributed by atoms with Crippen molar-refractivity contribution < 1.29 is 19.2 Å². The van der Waals surface area contributed by atoms with Gasteiger partial charge in [-0.2, -0.15) is 0 Å². The Morgan fingerprint density at radius 1 is 1.15 bits per heavy atom. The van der Waals surface area contributed by atoms with Crippen molar-refractivity contribution in [2.75, 3.05) is 6.61 Å². The molecule has 0 aliphatic carbocycles. The minimum Gasteiger partial charge on any atom is -0.493 e. The van der Waals surface area contributed by atoms with E-state index in [4.69, 9.17) is 14.0 Å². The second-order valence-electron chi connectivity index (χ2n) is 6.54. The summed E-state index contributed by atoms with van der Waals surface area (Å²) in [5, 5.41) is 9.94. The van der Waals surface area contributed by atoms with Gasteiger partial charge in [-0.1, -0.05) is 12.1 Å². The van der Waals surface area contributed by atoms with Gasteiger partial charge < -0.3 is 19.2 Å². The van der Waals surface area contributed by atoms with Gasteiger partial charge in [0.15, 0.2) is 0 Å². The monoisotopic (exact) mass is 276 g/mol. The lowest BCUT2D eigenvalue weighted by Crippen LogP contribution is -2.41. The quantitative estimate of drug-likeness (QED) is 0.795. The Morgan fingerprint density at radius 3 is 2.45 bits per heavy atom. The van der Waals surface area contributed by atoms with Gasteiger partial charge in [0.1, 0.15) is 5.75 Å². The lowest BCUT2D eigenvalue weighted by Gasteiger charge is -2.32. The normalized spacial score (nSPS) is 27.1. The molecule has 1 aromatic carbocycles. The van der Waals surface area contributed by atoms with Crippen LogP contribution in [0.5, 0.6) is 5.75 Å². The number of fused-ring (bicyclic) bond motifs is 1. The highest BCUT2D eigenvalue weighted by atomic mass is 16.7. The lowest BCUT2D eigenvalue weighted by molar-refractivity contribution is 0.00578. The molecule has 0 aromatic heterocycles. The number of rotatable bonds is 1. The first kappa shape index (κ1) is 13.9. The summed E-state index contributed by atoms with van der Waals surface area (Å²) in [7, 11) is -0.395. The van der Waals surface area contributed by atoms with Gasteiger partial charge in [0.25, 0.3) is 0 Å². The Hall–Kier alpha value is -1.04. The zero-order valence-corrected chi connectivity index (χ0v) is 12.5. The molecule has 5 heteroatoms. The van der Waals surface area contributed by atoms with Crippen molar-refractivity contribution in [2.24, 2.45) is 0 Å². The third-order valence-corrected chi connectivity index (χ3v) is 4.57. The van der Waals surface area contributed by atoms with Crippen LogP contribution in [-0.4, -0.2) is 30.0 Å². The van der Waals surface area contributed by atoms with Crippen LogP contribution >= 0.6 is 0 Å². The van der Waals surface area contributed by atoms with E-state index in [0.29, 0.717) is 13.0 Å². The average molecular weight is 276 g/mol. The molecule has 0 amide bonds. The predicted molar refractivity (Wildman–Crippen MR) is 77.2 cm³/mol. The van der Waals surface area contributed by atoms with Crippen LogP contribution in [0.3, 0.4) is 0 Å². The van der Waals surface area contributed by atoms with Crippen molar-refractivity contribution >= 4 is 12.6 Å². The Morgan fingerprint density at radius 2 is 1.80 bits per heavy atom. The van der Waals surface area contributed by atoms with Crippen LogP contribution in [0.15, 0.2) is 18.2 Å². The Bertz CT molecular complexity index is 511. The van der Waals surface area contributed by atoms with Gasteiger partial charge in [-0.15, -0.1) is 0 Å². The highest BCUT2D eigenvalue weighted by Gasteiger charge is 2.51. The zero-order chi connectivity index (χ0) is 14.5. The summed E-state index contributed by atoms with van der Waals surface area (Å²) in [6.07, 6.45) is 0.203. The van der Waals surface area contributed by atoms with Crippen molar-refractivity contribution in [3.63, 3.8) is 0 Å². The summed E-state index contributed by atoms with van der Waals surface area (Å²) in [6, 6.07) is 5.76. The first-order valence-corrected chi connectivity index (χ1v) is 7.10. The molecule has 1 atom stereocenters. The Labute approximate surface area is 120 Å². The van der Waals surface area contributed by atoms with Gasteiger partial charge in [0.05, 0.1) is 23.9 Å². The van der Waals surface area contributed by atoms with E-state index < -0.39 is 13.2 Å². The molecule has 4 nitrogen and oxygen atoms in total. The van der Waals surface area contributed by atoms with Crippen LogP contribution in [0.25, 0.3) is 0 Å². The molecule has 1 fully saturated rings. The second-order valence-corrected chi connectivity index (χ2v) is 6.54. The summed E-state index contributed by atoms with van der Waals surface area (Å²) in [5.41, 5.74) is 1.06. The molecule has 1 unspecified atom stereocenters. The second kappa shape index (κ2) is 4.48. The van der Waals surface area contributed by atoms with E-state index in [1.165, 1.54) is 0 Å².